The SMILES string of the molecule is CC(C)(C)c1ccc(/C=C(\F)c2ccc([Si](C)(C)C)cc2)cc1. The average Bonchev–Trinajstić information content (AvgIpc) is 2.46. The van der Waals surface area contributed by atoms with Gasteiger partial charge in [0.25, 0.3) is 0 Å². The van der Waals surface area contributed by atoms with Crippen LogP contribution in [0, 0.1) is 0 Å². The van der Waals surface area contributed by atoms with Crippen LogP contribution in [-0.2, 0) is 5.41 Å². The Kier molecular flexibility index (Phi) is 4.95. The van der Waals surface area contributed by atoms with Crippen LogP contribution in [0.15, 0.2) is 48.5 Å². The van der Waals surface area contributed by atoms with Crippen LogP contribution in [0.3, 0.4) is 0 Å². The summed E-state index contributed by atoms with van der Waals surface area (Å²) in [5.41, 5.74) is 2.92. The van der Waals surface area contributed by atoms with E-state index in [4.69, 9.17) is 0 Å². The first-order chi connectivity index (χ1) is 10.6. The maximum absolute atomic E-state index is 14.5. The molecule has 0 saturated carbocycles. The maximum Gasteiger partial charge on any atom is 0.131 e. The molecule has 122 valence electrons. The topological polar surface area (TPSA) is 0 Å². The third-order valence-corrected chi connectivity index (χ3v) is 6.16. The Hall–Kier alpha value is -1.67. The van der Waals surface area contributed by atoms with Crippen LogP contribution in [0.1, 0.15) is 37.5 Å². The summed E-state index contributed by atoms with van der Waals surface area (Å²) in [5, 5.41) is 1.35. The van der Waals surface area contributed by atoms with Crippen LogP contribution in [0.5, 0.6) is 0 Å². The molecular formula is C21H27FSi. The molecule has 23 heavy (non-hydrogen) atoms. The Morgan fingerprint density at radius 3 is 1.83 bits per heavy atom. The van der Waals surface area contributed by atoms with Gasteiger partial charge in [-0.15, -0.1) is 0 Å². The minimum atomic E-state index is -1.33. The van der Waals surface area contributed by atoms with Gasteiger partial charge in [-0.3, -0.25) is 0 Å². The normalized spacial score (nSPS) is 13.3. The summed E-state index contributed by atoms with van der Waals surface area (Å²) in [6, 6.07) is 16.0. The first-order valence-corrected chi connectivity index (χ1v) is 11.7. The predicted molar refractivity (Wildman–Crippen MR) is 104 cm³/mol. The quantitative estimate of drug-likeness (QED) is 0.479. The molecular weight excluding hydrogens is 299 g/mol. The van der Waals surface area contributed by atoms with Crippen molar-refractivity contribution in [2.24, 2.45) is 0 Å². The fourth-order valence-corrected chi connectivity index (χ4v) is 3.61. The van der Waals surface area contributed by atoms with Crippen LogP contribution in [0.25, 0.3) is 11.9 Å². The number of benzene rings is 2. The van der Waals surface area contributed by atoms with E-state index in [1.165, 1.54) is 10.8 Å². The summed E-state index contributed by atoms with van der Waals surface area (Å²) in [7, 11) is -1.33. The molecule has 0 aliphatic carbocycles. The molecule has 0 atom stereocenters. The second-order valence-corrected chi connectivity index (χ2v) is 13.3. The van der Waals surface area contributed by atoms with Gasteiger partial charge in [0.05, 0.1) is 8.07 Å². The van der Waals surface area contributed by atoms with E-state index < -0.39 is 8.07 Å². The standard InChI is InChI=1S/C21H27FSi/c1-21(2,3)18-11-7-16(8-12-18)15-20(22)17-9-13-19(14-10-17)23(4,5)6/h7-15H,1-6H3/b20-15-. The lowest BCUT2D eigenvalue weighted by Gasteiger charge is -2.18. The summed E-state index contributed by atoms with van der Waals surface area (Å²) in [6.45, 7) is 13.4. The van der Waals surface area contributed by atoms with Crippen molar-refractivity contribution in [1.29, 1.82) is 0 Å². The third kappa shape index (κ3) is 4.65. The van der Waals surface area contributed by atoms with Crippen molar-refractivity contribution < 1.29 is 4.39 Å². The Labute approximate surface area is 141 Å². The second kappa shape index (κ2) is 6.44. The molecule has 0 aromatic heterocycles. The molecule has 0 fully saturated rings. The molecule has 0 bridgehead atoms. The highest BCUT2D eigenvalue weighted by Crippen LogP contribution is 2.24. The van der Waals surface area contributed by atoms with Gasteiger partial charge in [-0.25, -0.2) is 4.39 Å². The average molecular weight is 327 g/mol. The zero-order valence-electron chi connectivity index (χ0n) is 15.1. The zero-order valence-corrected chi connectivity index (χ0v) is 16.1. The molecule has 0 saturated heterocycles. The molecule has 0 aliphatic rings. The van der Waals surface area contributed by atoms with Gasteiger partial charge in [0.15, 0.2) is 0 Å². The fraction of sp³-hybridized carbons (Fsp3) is 0.333. The maximum atomic E-state index is 14.5. The van der Waals surface area contributed by atoms with Crippen molar-refractivity contribution in [2.45, 2.75) is 45.8 Å². The van der Waals surface area contributed by atoms with Crippen LogP contribution in [0.2, 0.25) is 19.6 Å². The Morgan fingerprint density at radius 2 is 1.39 bits per heavy atom. The van der Waals surface area contributed by atoms with E-state index in [9.17, 15) is 4.39 Å². The van der Waals surface area contributed by atoms with Crippen molar-refractivity contribution in [3.05, 3.63) is 65.2 Å². The molecule has 2 aromatic rings. The lowest BCUT2D eigenvalue weighted by molar-refractivity contribution is 0.590. The van der Waals surface area contributed by atoms with Crippen molar-refractivity contribution in [2.75, 3.05) is 0 Å². The summed E-state index contributed by atoms with van der Waals surface area (Å²) < 4.78 is 14.5. The summed E-state index contributed by atoms with van der Waals surface area (Å²) in [5.74, 6) is -0.185. The lowest BCUT2D eigenvalue weighted by atomic mass is 9.87. The van der Waals surface area contributed by atoms with Gasteiger partial charge in [0, 0.05) is 5.56 Å². The predicted octanol–water partition coefficient (Wildman–Crippen LogP) is 6.00. The van der Waals surface area contributed by atoms with E-state index in [0.717, 1.165) is 5.56 Å². The fourth-order valence-electron chi connectivity index (χ4n) is 2.44. The zero-order chi connectivity index (χ0) is 17.3. The monoisotopic (exact) mass is 326 g/mol. The van der Waals surface area contributed by atoms with Crippen LogP contribution in [-0.4, -0.2) is 8.07 Å². The lowest BCUT2D eigenvalue weighted by Crippen LogP contribution is -2.37. The number of rotatable bonds is 3. The summed E-state index contributed by atoms with van der Waals surface area (Å²) in [4.78, 5) is 0. The molecule has 0 N–H and O–H groups in total. The van der Waals surface area contributed by atoms with Crippen LogP contribution >= 0.6 is 0 Å². The van der Waals surface area contributed by atoms with E-state index in [2.05, 4.69) is 64.7 Å². The van der Waals surface area contributed by atoms with Crippen LogP contribution < -0.4 is 5.19 Å². The van der Waals surface area contributed by atoms with E-state index in [-0.39, 0.29) is 11.2 Å². The van der Waals surface area contributed by atoms with Gasteiger partial charge < -0.3 is 0 Å². The van der Waals surface area contributed by atoms with Gasteiger partial charge in [-0.1, -0.05) is 94.1 Å². The smallest absolute Gasteiger partial charge is 0.131 e. The molecule has 0 nitrogen and oxygen atoms in total. The van der Waals surface area contributed by atoms with E-state index in [0.29, 0.717) is 5.56 Å². The van der Waals surface area contributed by atoms with Crippen molar-refractivity contribution >= 4 is 25.2 Å². The number of halogens is 1. The summed E-state index contributed by atoms with van der Waals surface area (Å²) in [6.07, 6.45) is 1.61. The van der Waals surface area contributed by atoms with Gasteiger partial charge in [-0.05, 0) is 22.6 Å². The highest BCUT2D eigenvalue weighted by molar-refractivity contribution is 6.88. The number of hydrogen-bond acceptors (Lipinski definition) is 0. The molecule has 2 aromatic carbocycles. The highest BCUT2D eigenvalue weighted by Gasteiger charge is 2.16. The van der Waals surface area contributed by atoms with Crippen molar-refractivity contribution in [3.63, 3.8) is 0 Å². The minimum absolute atomic E-state index is 0.119. The summed E-state index contributed by atoms with van der Waals surface area (Å²) >= 11 is 0. The molecule has 0 heterocycles. The van der Waals surface area contributed by atoms with Crippen molar-refractivity contribution in [3.8, 4) is 0 Å². The number of hydrogen-bond donors (Lipinski definition) is 0. The second-order valence-electron chi connectivity index (χ2n) is 8.19. The first kappa shape index (κ1) is 17.7. The Bertz CT molecular complexity index is 681. The van der Waals surface area contributed by atoms with Gasteiger partial charge >= 0.3 is 0 Å². The third-order valence-electron chi connectivity index (χ3n) is 4.10. The molecule has 0 radical (unpaired) electrons. The van der Waals surface area contributed by atoms with Gasteiger partial charge in [0.2, 0.25) is 0 Å². The molecule has 0 spiro atoms. The molecule has 2 rings (SSSR count). The van der Waals surface area contributed by atoms with E-state index in [1.807, 2.05) is 24.3 Å². The Morgan fingerprint density at radius 1 is 0.870 bits per heavy atom. The first-order valence-electron chi connectivity index (χ1n) is 8.16. The van der Waals surface area contributed by atoms with Gasteiger partial charge in [-0.2, -0.15) is 0 Å². The van der Waals surface area contributed by atoms with E-state index >= 15 is 0 Å². The Balaban J connectivity index is 2.22. The van der Waals surface area contributed by atoms with Gasteiger partial charge in [0.1, 0.15) is 5.83 Å². The molecule has 2 heteroatoms. The molecule has 0 amide bonds. The molecule has 0 unspecified atom stereocenters. The highest BCUT2D eigenvalue weighted by atomic mass is 28.3. The largest absolute Gasteiger partial charge is 0.206 e. The van der Waals surface area contributed by atoms with Crippen molar-refractivity contribution in [1.82, 2.24) is 0 Å². The van der Waals surface area contributed by atoms with E-state index in [1.54, 1.807) is 6.08 Å². The molecule has 0 aliphatic heterocycles. The van der Waals surface area contributed by atoms with Crippen LogP contribution in [0.4, 0.5) is 4.39 Å². The minimum Gasteiger partial charge on any atom is -0.206 e.